The Bertz CT molecular complexity index is 1100. The quantitative estimate of drug-likeness (QED) is 0.475. The van der Waals surface area contributed by atoms with E-state index in [0.717, 1.165) is 32.8 Å². The van der Waals surface area contributed by atoms with Gasteiger partial charge >= 0.3 is 0 Å². The van der Waals surface area contributed by atoms with Crippen LogP contribution in [-0.2, 0) is 6.54 Å². The van der Waals surface area contributed by atoms with Crippen molar-refractivity contribution >= 4 is 39.0 Å². The number of pyridine rings is 1. The van der Waals surface area contributed by atoms with Crippen LogP contribution >= 0.6 is 27.5 Å². The second kappa shape index (κ2) is 7.54. The van der Waals surface area contributed by atoms with Crippen LogP contribution in [-0.4, -0.2) is 21.7 Å². The number of hydrogen-bond acceptors (Lipinski definition) is 4. The first kappa shape index (κ1) is 17.8. The summed E-state index contributed by atoms with van der Waals surface area (Å²) in [5.41, 5.74) is 3.63. The van der Waals surface area contributed by atoms with Crippen molar-refractivity contribution in [2.75, 3.05) is 12.4 Å². The van der Waals surface area contributed by atoms with E-state index in [1.165, 1.54) is 0 Å². The Hall–Kier alpha value is -2.64. The first-order chi connectivity index (χ1) is 13.1. The highest BCUT2D eigenvalue weighted by Gasteiger charge is 2.12. The minimum absolute atomic E-state index is 0.612. The van der Waals surface area contributed by atoms with Gasteiger partial charge in [-0.1, -0.05) is 23.7 Å². The topological polar surface area (TPSA) is 55.3 Å². The molecule has 136 valence electrons. The van der Waals surface area contributed by atoms with E-state index >= 15 is 0 Å². The molecular weight excluding hydrogens is 430 g/mol. The number of fused-ring (bicyclic) bond motifs is 1. The molecule has 3 heterocycles. The van der Waals surface area contributed by atoms with Crippen LogP contribution in [0.1, 0.15) is 5.56 Å². The number of anilines is 1. The van der Waals surface area contributed by atoms with E-state index in [2.05, 4.69) is 26.3 Å². The van der Waals surface area contributed by atoms with Gasteiger partial charge in [-0.05, 0) is 34.1 Å². The zero-order valence-corrected chi connectivity index (χ0v) is 16.8. The summed E-state index contributed by atoms with van der Waals surface area (Å²) in [5, 5.41) is 8.54. The van der Waals surface area contributed by atoms with Gasteiger partial charge in [0.2, 0.25) is 12.4 Å². The zero-order valence-electron chi connectivity index (χ0n) is 14.4. The Morgan fingerprint density at radius 3 is 2.85 bits per heavy atom. The molecule has 27 heavy (non-hydrogen) atoms. The first-order valence-corrected chi connectivity index (χ1v) is 9.40. The zero-order chi connectivity index (χ0) is 18.8. The average molecular weight is 446 g/mol. The number of halogens is 2. The number of benzene rings is 1. The Morgan fingerprint density at radius 2 is 2.07 bits per heavy atom. The summed E-state index contributed by atoms with van der Waals surface area (Å²) in [6.45, 7) is 0.612. The third-order valence-corrected chi connectivity index (χ3v) is 4.90. The predicted octanol–water partition coefficient (Wildman–Crippen LogP) is 3.77. The molecule has 0 amide bonds. The molecule has 0 fully saturated rings. The van der Waals surface area contributed by atoms with Crippen LogP contribution in [0.4, 0.5) is 5.82 Å². The van der Waals surface area contributed by atoms with Crippen molar-refractivity contribution in [1.29, 1.82) is 0 Å². The van der Waals surface area contributed by atoms with Crippen molar-refractivity contribution in [3.05, 3.63) is 76.1 Å². The molecule has 0 unspecified atom stereocenters. The van der Waals surface area contributed by atoms with Gasteiger partial charge in [-0.3, -0.25) is 4.84 Å². The third kappa shape index (κ3) is 3.74. The van der Waals surface area contributed by atoms with Crippen molar-refractivity contribution < 1.29 is 9.57 Å². The summed E-state index contributed by atoms with van der Waals surface area (Å²) in [4.78, 5) is 9.94. The summed E-state index contributed by atoms with van der Waals surface area (Å²) in [6.07, 6.45) is 5.50. The highest BCUT2D eigenvalue weighted by atomic mass is 79.9. The van der Waals surface area contributed by atoms with Crippen LogP contribution in [0, 0.1) is 0 Å². The molecular formula is C19H16BrClN5O+. The van der Waals surface area contributed by atoms with Crippen LogP contribution in [0.3, 0.4) is 0 Å². The molecule has 0 atom stereocenters. The van der Waals surface area contributed by atoms with Gasteiger partial charge in [0, 0.05) is 39.6 Å². The molecule has 4 rings (SSSR count). The van der Waals surface area contributed by atoms with E-state index in [9.17, 15) is 0 Å². The summed E-state index contributed by atoms with van der Waals surface area (Å²) < 4.78 is 4.26. The number of aromatic nitrogens is 4. The second-order valence-electron chi connectivity index (χ2n) is 5.87. The maximum atomic E-state index is 6.01. The first-order valence-electron chi connectivity index (χ1n) is 8.23. The molecule has 0 aliphatic rings. The third-order valence-electron chi connectivity index (χ3n) is 4.09. The van der Waals surface area contributed by atoms with Gasteiger partial charge in [0.15, 0.2) is 5.65 Å². The molecule has 4 aromatic rings. The molecule has 1 N–H and O–H groups in total. The minimum Gasteiger partial charge on any atom is -0.366 e. The number of hydrogen-bond donors (Lipinski definition) is 1. The number of rotatable bonds is 5. The van der Waals surface area contributed by atoms with Crippen LogP contribution in [0.2, 0.25) is 5.02 Å². The van der Waals surface area contributed by atoms with Gasteiger partial charge in [0.1, 0.15) is 12.9 Å². The lowest BCUT2D eigenvalue weighted by molar-refractivity contribution is -0.885. The van der Waals surface area contributed by atoms with Crippen LogP contribution in [0.25, 0.3) is 16.9 Å². The molecule has 0 spiro atoms. The normalized spacial score (nSPS) is 10.9. The second-order valence-corrected chi connectivity index (χ2v) is 7.16. The van der Waals surface area contributed by atoms with E-state index in [1.54, 1.807) is 22.6 Å². The summed E-state index contributed by atoms with van der Waals surface area (Å²) >= 11 is 9.53. The van der Waals surface area contributed by atoms with Crippen molar-refractivity contribution in [1.82, 2.24) is 14.6 Å². The molecule has 8 heteroatoms. The monoisotopic (exact) mass is 444 g/mol. The lowest BCUT2D eigenvalue weighted by atomic mass is 10.1. The van der Waals surface area contributed by atoms with E-state index in [-0.39, 0.29) is 0 Å². The van der Waals surface area contributed by atoms with Gasteiger partial charge < -0.3 is 5.32 Å². The molecule has 1 aromatic carbocycles. The van der Waals surface area contributed by atoms with Crippen molar-refractivity contribution in [2.24, 2.45) is 0 Å². The molecule has 0 saturated heterocycles. The SMILES string of the molecule is CO[n+]1cccc(CNc2cc(-c3ccc(Cl)cc3)nc3c(Br)cnn23)c1. The average Bonchev–Trinajstić information content (AvgIpc) is 3.08. The van der Waals surface area contributed by atoms with Gasteiger partial charge in [-0.25, -0.2) is 4.98 Å². The van der Waals surface area contributed by atoms with Gasteiger partial charge in [-0.15, -0.1) is 0 Å². The Morgan fingerprint density at radius 1 is 1.26 bits per heavy atom. The largest absolute Gasteiger partial charge is 0.366 e. The maximum absolute atomic E-state index is 6.01. The van der Waals surface area contributed by atoms with Crippen LogP contribution < -0.4 is 14.9 Å². The fourth-order valence-electron chi connectivity index (χ4n) is 2.74. The highest BCUT2D eigenvalue weighted by molar-refractivity contribution is 9.10. The van der Waals surface area contributed by atoms with E-state index in [0.29, 0.717) is 11.6 Å². The van der Waals surface area contributed by atoms with Gasteiger partial charge in [0.05, 0.1) is 16.4 Å². The predicted molar refractivity (Wildman–Crippen MR) is 108 cm³/mol. The van der Waals surface area contributed by atoms with E-state index < -0.39 is 0 Å². The summed E-state index contributed by atoms with van der Waals surface area (Å²) in [7, 11) is 1.63. The molecule has 0 radical (unpaired) electrons. The standard InChI is InChI=1S/C19H16BrClN5O/c1-27-25-8-2-3-13(12-25)10-22-18-9-17(14-4-6-15(21)7-5-14)24-19-16(20)11-23-26(18)19/h2-9,11-12,22H,10H2,1H3/q+1. The van der Waals surface area contributed by atoms with Crippen LogP contribution in [0.5, 0.6) is 0 Å². The van der Waals surface area contributed by atoms with Crippen molar-refractivity contribution in [3.63, 3.8) is 0 Å². The lowest BCUT2D eigenvalue weighted by Gasteiger charge is -2.10. The molecule has 3 aromatic heterocycles. The fraction of sp³-hybridized carbons (Fsp3) is 0.105. The Labute approximate surface area is 169 Å². The lowest BCUT2D eigenvalue weighted by Crippen LogP contribution is -2.40. The van der Waals surface area contributed by atoms with Crippen molar-refractivity contribution in [3.8, 4) is 11.3 Å². The Balaban J connectivity index is 1.71. The van der Waals surface area contributed by atoms with Crippen LogP contribution in [0.15, 0.2) is 65.5 Å². The summed E-state index contributed by atoms with van der Waals surface area (Å²) in [5.74, 6) is 0.837. The minimum atomic E-state index is 0.612. The number of nitrogens with zero attached hydrogens (tertiary/aromatic N) is 4. The van der Waals surface area contributed by atoms with E-state index in [1.807, 2.05) is 54.9 Å². The highest BCUT2D eigenvalue weighted by Crippen LogP contribution is 2.27. The van der Waals surface area contributed by atoms with E-state index in [4.69, 9.17) is 21.4 Å². The fourth-order valence-corrected chi connectivity index (χ4v) is 3.22. The Kier molecular flexibility index (Phi) is 4.96. The van der Waals surface area contributed by atoms with Crippen molar-refractivity contribution in [2.45, 2.75) is 6.54 Å². The summed E-state index contributed by atoms with van der Waals surface area (Å²) in [6, 6.07) is 13.6. The molecule has 0 bridgehead atoms. The maximum Gasteiger partial charge on any atom is 0.227 e. The van der Waals surface area contributed by atoms with Gasteiger partial charge in [0.25, 0.3) is 0 Å². The molecule has 0 aliphatic carbocycles. The molecule has 0 aliphatic heterocycles. The van der Waals surface area contributed by atoms with Gasteiger partial charge in [-0.2, -0.15) is 9.61 Å². The smallest absolute Gasteiger partial charge is 0.227 e. The number of nitrogens with one attached hydrogen (secondary N) is 1. The molecule has 6 nitrogen and oxygen atoms in total. The molecule has 0 saturated carbocycles.